The second-order valence-corrected chi connectivity index (χ2v) is 6.64. The van der Waals surface area contributed by atoms with Gasteiger partial charge in [-0.05, 0) is 48.7 Å². The van der Waals surface area contributed by atoms with Crippen LogP contribution in [-0.2, 0) is 13.0 Å². The van der Waals surface area contributed by atoms with Gasteiger partial charge in [0.1, 0.15) is 17.2 Å². The summed E-state index contributed by atoms with van der Waals surface area (Å²) >= 11 is 5.96. The van der Waals surface area contributed by atoms with Crippen molar-refractivity contribution in [2.24, 2.45) is 0 Å². The molecule has 2 aromatic carbocycles. The zero-order valence-electron chi connectivity index (χ0n) is 15.3. The molecule has 3 rings (SSSR count). The number of aryl methyl sites for hydroxylation is 1. The van der Waals surface area contributed by atoms with Crippen LogP contribution < -0.4 is 9.64 Å². The van der Waals surface area contributed by atoms with Crippen LogP contribution in [-0.4, -0.2) is 24.9 Å². The maximum atomic E-state index is 11.1. The summed E-state index contributed by atoms with van der Waals surface area (Å²) in [6.45, 7) is 3.03. The van der Waals surface area contributed by atoms with Crippen molar-refractivity contribution in [1.82, 2.24) is 4.98 Å². The molecule has 0 amide bonds. The normalized spacial score (nSPS) is 10.6. The van der Waals surface area contributed by atoms with E-state index >= 15 is 0 Å². The largest absolute Gasteiger partial charge is 0.497 e. The Morgan fingerprint density at radius 3 is 2.37 bits per heavy atom. The van der Waals surface area contributed by atoms with E-state index in [9.17, 15) is 4.79 Å². The quantitative estimate of drug-likeness (QED) is 0.526. The molecule has 0 fully saturated rings. The topological polar surface area (TPSA) is 55.6 Å². The Kier molecular flexibility index (Phi) is 6.14. The van der Waals surface area contributed by atoms with Crippen molar-refractivity contribution in [2.75, 3.05) is 18.6 Å². The highest BCUT2D eigenvalue weighted by Crippen LogP contribution is 2.22. The van der Waals surface area contributed by atoms with Crippen LogP contribution in [0.5, 0.6) is 5.75 Å². The molecular weight excluding hydrogens is 364 g/mol. The van der Waals surface area contributed by atoms with Crippen molar-refractivity contribution in [1.29, 1.82) is 0 Å². The molecule has 0 N–H and O–H groups in total. The third kappa shape index (κ3) is 4.89. The van der Waals surface area contributed by atoms with Crippen LogP contribution in [0.25, 0.3) is 0 Å². The standard InChI is InChI=1S/C21H21ClN2O3/c1-15-20(14-25)23-21(27-15)24(12-11-16-3-7-18(22)8-4-16)13-17-5-9-19(26-2)10-6-17/h3-10,14H,11-13H2,1-2H3. The third-order valence-electron chi connectivity index (χ3n) is 4.32. The molecule has 5 nitrogen and oxygen atoms in total. The van der Waals surface area contributed by atoms with Crippen LogP contribution in [0.3, 0.4) is 0 Å². The molecule has 0 unspecified atom stereocenters. The van der Waals surface area contributed by atoms with E-state index in [0.29, 0.717) is 41.9 Å². The Labute approximate surface area is 163 Å². The van der Waals surface area contributed by atoms with Crippen molar-refractivity contribution in [3.8, 4) is 5.75 Å². The molecule has 0 aliphatic heterocycles. The minimum absolute atomic E-state index is 0.330. The zero-order valence-corrected chi connectivity index (χ0v) is 16.1. The van der Waals surface area contributed by atoms with Gasteiger partial charge in [-0.15, -0.1) is 0 Å². The molecule has 0 spiro atoms. The van der Waals surface area contributed by atoms with Crippen molar-refractivity contribution in [2.45, 2.75) is 19.9 Å². The summed E-state index contributed by atoms with van der Waals surface area (Å²) in [5, 5.41) is 0.716. The van der Waals surface area contributed by atoms with E-state index in [4.69, 9.17) is 20.8 Å². The third-order valence-corrected chi connectivity index (χ3v) is 4.57. The summed E-state index contributed by atoms with van der Waals surface area (Å²) in [6, 6.07) is 16.1. The number of ether oxygens (including phenoxy) is 1. The molecule has 0 saturated carbocycles. The van der Waals surface area contributed by atoms with Gasteiger partial charge < -0.3 is 14.1 Å². The van der Waals surface area contributed by atoms with Crippen LogP contribution in [0.15, 0.2) is 52.9 Å². The number of rotatable bonds is 8. The molecule has 3 aromatic rings. The first-order valence-electron chi connectivity index (χ1n) is 8.64. The first kappa shape index (κ1) is 19.0. The highest BCUT2D eigenvalue weighted by molar-refractivity contribution is 6.30. The first-order chi connectivity index (χ1) is 13.1. The van der Waals surface area contributed by atoms with Gasteiger partial charge in [-0.25, -0.2) is 0 Å². The van der Waals surface area contributed by atoms with Crippen LogP contribution in [0.4, 0.5) is 6.01 Å². The molecule has 0 aliphatic carbocycles. The lowest BCUT2D eigenvalue weighted by atomic mass is 10.1. The highest BCUT2D eigenvalue weighted by Gasteiger charge is 2.16. The SMILES string of the molecule is COc1ccc(CN(CCc2ccc(Cl)cc2)c2nc(C=O)c(C)o2)cc1. The van der Waals surface area contributed by atoms with Gasteiger partial charge in [-0.3, -0.25) is 4.79 Å². The summed E-state index contributed by atoms with van der Waals surface area (Å²) in [7, 11) is 1.64. The van der Waals surface area contributed by atoms with Gasteiger partial charge in [-0.1, -0.05) is 35.9 Å². The summed E-state index contributed by atoms with van der Waals surface area (Å²) in [6.07, 6.45) is 1.51. The van der Waals surface area contributed by atoms with E-state index in [-0.39, 0.29) is 0 Å². The van der Waals surface area contributed by atoms with Crippen LogP contribution >= 0.6 is 11.6 Å². The summed E-state index contributed by atoms with van der Waals surface area (Å²) in [4.78, 5) is 17.5. The van der Waals surface area contributed by atoms with Gasteiger partial charge in [0, 0.05) is 18.1 Å². The number of carbonyl (C=O) groups excluding carboxylic acids is 1. The number of benzene rings is 2. The predicted molar refractivity (Wildman–Crippen MR) is 106 cm³/mol. The zero-order chi connectivity index (χ0) is 19.2. The molecule has 1 heterocycles. The Bertz CT molecular complexity index is 889. The highest BCUT2D eigenvalue weighted by atomic mass is 35.5. The monoisotopic (exact) mass is 384 g/mol. The van der Waals surface area contributed by atoms with Gasteiger partial charge in [-0.2, -0.15) is 4.98 Å². The van der Waals surface area contributed by atoms with Crippen LogP contribution in [0.2, 0.25) is 5.02 Å². The minimum Gasteiger partial charge on any atom is -0.497 e. The number of carbonyl (C=O) groups is 1. The molecule has 140 valence electrons. The Morgan fingerprint density at radius 2 is 1.78 bits per heavy atom. The van der Waals surface area contributed by atoms with Crippen molar-refractivity contribution in [3.05, 3.63) is 76.1 Å². The second kappa shape index (κ2) is 8.73. The number of methoxy groups -OCH3 is 1. The maximum absolute atomic E-state index is 11.1. The fourth-order valence-corrected chi connectivity index (χ4v) is 2.87. The van der Waals surface area contributed by atoms with Gasteiger partial charge in [0.2, 0.25) is 0 Å². The maximum Gasteiger partial charge on any atom is 0.298 e. The van der Waals surface area contributed by atoms with Crippen LogP contribution in [0, 0.1) is 6.92 Å². The Hall–Kier alpha value is -2.79. The molecule has 6 heteroatoms. The van der Waals surface area contributed by atoms with Crippen molar-refractivity contribution in [3.63, 3.8) is 0 Å². The van der Waals surface area contributed by atoms with Crippen molar-refractivity contribution >= 4 is 23.9 Å². The molecule has 0 radical (unpaired) electrons. The molecule has 1 aromatic heterocycles. The first-order valence-corrected chi connectivity index (χ1v) is 9.02. The van der Waals surface area contributed by atoms with E-state index in [1.54, 1.807) is 14.0 Å². The molecule has 0 saturated heterocycles. The summed E-state index contributed by atoms with van der Waals surface area (Å²) in [5.41, 5.74) is 2.59. The lowest BCUT2D eigenvalue weighted by Crippen LogP contribution is -2.25. The van der Waals surface area contributed by atoms with Gasteiger partial charge >= 0.3 is 0 Å². The van der Waals surface area contributed by atoms with E-state index in [1.807, 2.05) is 53.4 Å². The number of nitrogens with zero attached hydrogens (tertiary/aromatic N) is 2. The molecule has 27 heavy (non-hydrogen) atoms. The van der Waals surface area contributed by atoms with E-state index < -0.39 is 0 Å². The average molecular weight is 385 g/mol. The number of oxazole rings is 1. The molecule has 0 aliphatic rings. The molecular formula is C21H21ClN2O3. The number of aldehydes is 1. The van der Waals surface area contributed by atoms with Gasteiger partial charge in [0.25, 0.3) is 6.01 Å². The van der Waals surface area contributed by atoms with Crippen LogP contribution in [0.1, 0.15) is 27.4 Å². The van der Waals surface area contributed by atoms with E-state index in [2.05, 4.69) is 4.98 Å². The Balaban J connectivity index is 1.80. The minimum atomic E-state index is 0.330. The number of aromatic nitrogens is 1. The molecule has 0 bridgehead atoms. The number of hydrogen-bond acceptors (Lipinski definition) is 5. The molecule has 0 atom stereocenters. The fraction of sp³-hybridized carbons (Fsp3) is 0.238. The van der Waals surface area contributed by atoms with Gasteiger partial charge in [0.15, 0.2) is 6.29 Å². The van der Waals surface area contributed by atoms with E-state index in [1.165, 1.54) is 0 Å². The van der Waals surface area contributed by atoms with Crippen molar-refractivity contribution < 1.29 is 13.9 Å². The average Bonchev–Trinajstić information content (AvgIpc) is 3.07. The predicted octanol–water partition coefficient (Wildman–Crippen LogP) is 4.71. The van der Waals surface area contributed by atoms with Gasteiger partial charge in [0.05, 0.1) is 7.11 Å². The summed E-state index contributed by atoms with van der Waals surface area (Å²) < 4.78 is 10.9. The smallest absolute Gasteiger partial charge is 0.298 e. The van der Waals surface area contributed by atoms with E-state index in [0.717, 1.165) is 23.3 Å². The number of anilines is 1. The number of hydrogen-bond donors (Lipinski definition) is 0. The Morgan fingerprint density at radius 1 is 1.11 bits per heavy atom. The second-order valence-electron chi connectivity index (χ2n) is 6.20. The summed E-state index contributed by atoms with van der Waals surface area (Å²) in [5.74, 6) is 1.33. The lowest BCUT2D eigenvalue weighted by Gasteiger charge is -2.21. The fourth-order valence-electron chi connectivity index (χ4n) is 2.75. The lowest BCUT2D eigenvalue weighted by molar-refractivity contribution is 0.111. The number of halogens is 1.